The zero-order valence-electron chi connectivity index (χ0n) is 14.6. The second-order valence-corrected chi connectivity index (χ2v) is 6.97. The van der Waals surface area contributed by atoms with Crippen LogP contribution in [0.4, 0.5) is 0 Å². The van der Waals surface area contributed by atoms with Crippen LogP contribution in [-0.2, 0) is 0 Å². The molecule has 1 aliphatic carbocycles. The Bertz CT molecular complexity index is 1360. The number of rotatable bonds is 1. The third-order valence-corrected chi connectivity index (χ3v) is 5.36. The lowest BCUT2D eigenvalue weighted by atomic mass is 9.88. The Labute approximate surface area is 156 Å². The summed E-state index contributed by atoms with van der Waals surface area (Å²) >= 11 is 0. The predicted octanol–water partition coefficient (Wildman–Crippen LogP) is 5.63. The Kier molecular flexibility index (Phi) is 3.00. The van der Waals surface area contributed by atoms with Crippen LogP contribution in [0.3, 0.4) is 0 Å². The number of aromatic amines is 1. The van der Waals surface area contributed by atoms with Crippen LogP contribution < -0.4 is 0 Å². The number of H-pyrrole nitrogens is 1. The van der Waals surface area contributed by atoms with Gasteiger partial charge in [0.1, 0.15) is 0 Å². The van der Waals surface area contributed by atoms with Crippen LogP contribution in [-0.4, -0.2) is 15.0 Å². The molecule has 3 aromatic carbocycles. The van der Waals surface area contributed by atoms with E-state index in [0.29, 0.717) is 0 Å². The van der Waals surface area contributed by atoms with Gasteiger partial charge in [-0.05, 0) is 29.8 Å². The minimum atomic E-state index is 0.171. The first-order valence-corrected chi connectivity index (χ1v) is 9.16. The number of nitrogens with one attached hydrogen (secondary N) is 1. The molecule has 0 saturated carbocycles. The lowest BCUT2D eigenvalue weighted by molar-refractivity contribution is 0.965. The van der Waals surface area contributed by atoms with Crippen LogP contribution in [0, 0.1) is 6.42 Å². The molecule has 0 saturated heterocycles. The van der Waals surface area contributed by atoms with E-state index in [-0.39, 0.29) is 5.92 Å². The van der Waals surface area contributed by atoms with Crippen LogP contribution in [0.2, 0.25) is 0 Å². The van der Waals surface area contributed by atoms with Crippen molar-refractivity contribution in [1.82, 2.24) is 15.0 Å². The van der Waals surface area contributed by atoms with E-state index >= 15 is 0 Å². The summed E-state index contributed by atoms with van der Waals surface area (Å²) in [5.74, 6) is 0.171. The molecule has 27 heavy (non-hydrogen) atoms. The molecule has 6 rings (SSSR count). The van der Waals surface area contributed by atoms with Crippen LogP contribution >= 0.6 is 0 Å². The number of allylic oxidation sites excluding steroid dienone is 1. The van der Waals surface area contributed by atoms with Crippen molar-refractivity contribution >= 4 is 38.9 Å². The van der Waals surface area contributed by atoms with E-state index in [1.807, 2.05) is 24.3 Å². The van der Waals surface area contributed by atoms with Gasteiger partial charge in [-0.15, -0.1) is 0 Å². The van der Waals surface area contributed by atoms with Gasteiger partial charge in [0, 0.05) is 28.6 Å². The molecular formula is C24H16N3. The average Bonchev–Trinajstić information content (AvgIpc) is 3.10. The summed E-state index contributed by atoms with van der Waals surface area (Å²) in [6, 6.07) is 23.0. The summed E-state index contributed by atoms with van der Waals surface area (Å²) in [5, 5.41) is 2.53. The standard InChI is InChI=1S/C24H16N3/c1-2-9-19-17(6-1)18-8-5-7-16(24(18)27-19)15-12-13-22-23(14-15)26-21-11-4-3-10-20(21)25-22/h1-15,27H. The van der Waals surface area contributed by atoms with Crippen molar-refractivity contribution in [3.63, 3.8) is 0 Å². The van der Waals surface area contributed by atoms with Gasteiger partial charge in [-0.1, -0.05) is 54.6 Å². The molecule has 1 N–H and O–H groups in total. The number of nitrogens with zero attached hydrogens (tertiary/aromatic N) is 2. The van der Waals surface area contributed by atoms with Crippen molar-refractivity contribution in [2.24, 2.45) is 0 Å². The topological polar surface area (TPSA) is 41.6 Å². The monoisotopic (exact) mass is 346 g/mol. The third-order valence-electron chi connectivity index (χ3n) is 5.36. The molecule has 5 aromatic rings. The van der Waals surface area contributed by atoms with E-state index in [0.717, 1.165) is 22.4 Å². The minimum absolute atomic E-state index is 0.171. The fourth-order valence-electron chi connectivity index (χ4n) is 4.06. The van der Waals surface area contributed by atoms with E-state index in [4.69, 9.17) is 9.97 Å². The van der Waals surface area contributed by atoms with Crippen molar-refractivity contribution in [3.8, 4) is 0 Å². The van der Waals surface area contributed by atoms with Crippen molar-refractivity contribution < 1.29 is 0 Å². The number of benzene rings is 3. The van der Waals surface area contributed by atoms with Gasteiger partial charge in [-0.3, -0.25) is 0 Å². The Morgan fingerprint density at radius 1 is 0.704 bits per heavy atom. The van der Waals surface area contributed by atoms with Crippen LogP contribution in [0.1, 0.15) is 22.9 Å². The molecule has 1 radical (unpaired) electrons. The second-order valence-electron chi connectivity index (χ2n) is 6.97. The first-order chi connectivity index (χ1) is 13.4. The van der Waals surface area contributed by atoms with Gasteiger partial charge in [0.05, 0.1) is 27.9 Å². The maximum atomic E-state index is 4.83. The number of fused-ring (bicyclic) bond motifs is 5. The van der Waals surface area contributed by atoms with Crippen molar-refractivity contribution in [1.29, 1.82) is 0 Å². The van der Waals surface area contributed by atoms with E-state index in [9.17, 15) is 0 Å². The van der Waals surface area contributed by atoms with Gasteiger partial charge in [0.15, 0.2) is 0 Å². The van der Waals surface area contributed by atoms with Gasteiger partial charge in [0.25, 0.3) is 0 Å². The molecule has 0 spiro atoms. The van der Waals surface area contributed by atoms with E-state index in [2.05, 4.69) is 66.0 Å². The Hall–Kier alpha value is -3.46. The lowest BCUT2D eigenvalue weighted by Crippen LogP contribution is -2.08. The average molecular weight is 346 g/mol. The quantitative estimate of drug-likeness (QED) is 0.427. The summed E-state index contributed by atoms with van der Waals surface area (Å²) < 4.78 is 0. The molecule has 2 aromatic heterocycles. The summed E-state index contributed by atoms with van der Waals surface area (Å²) in [5.41, 5.74) is 7.40. The lowest BCUT2D eigenvalue weighted by Gasteiger charge is -2.19. The Morgan fingerprint density at radius 2 is 1.44 bits per heavy atom. The largest absolute Gasteiger partial charge is 0.354 e. The molecule has 1 atom stereocenters. The van der Waals surface area contributed by atoms with Gasteiger partial charge in [-0.25, -0.2) is 9.97 Å². The summed E-state index contributed by atoms with van der Waals surface area (Å²) in [4.78, 5) is 13.2. The summed E-state index contributed by atoms with van der Waals surface area (Å²) in [7, 11) is 0. The van der Waals surface area contributed by atoms with Gasteiger partial charge in [0.2, 0.25) is 0 Å². The predicted molar refractivity (Wildman–Crippen MR) is 111 cm³/mol. The second kappa shape index (κ2) is 5.52. The smallest absolute Gasteiger partial charge is 0.0894 e. The van der Waals surface area contributed by atoms with E-state index in [1.165, 1.54) is 27.4 Å². The molecule has 3 nitrogen and oxygen atoms in total. The summed E-state index contributed by atoms with van der Waals surface area (Å²) in [6.45, 7) is 0. The Balaban J connectivity index is 1.50. The highest BCUT2D eigenvalue weighted by molar-refractivity contribution is 6.08. The SMILES string of the molecule is [CH]1c2nc3ccccc3nc2C=CC1c1cccc2c1[nH]c1ccccc12. The highest BCUT2D eigenvalue weighted by atomic mass is 14.8. The zero-order chi connectivity index (χ0) is 17.8. The molecule has 127 valence electrons. The van der Waals surface area contributed by atoms with Gasteiger partial charge >= 0.3 is 0 Å². The van der Waals surface area contributed by atoms with Crippen molar-refractivity contribution in [2.45, 2.75) is 5.92 Å². The van der Waals surface area contributed by atoms with E-state index < -0.39 is 0 Å². The van der Waals surface area contributed by atoms with Crippen molar-refractivity contribution in [2.75, 3.05) is 0 Å². The molecule has 0 aliphatic heterocycles. The molecule has 3 heteroatoms. The molecule has 2 heterocycles. The van der Waals surface area contributed by atoms with Gasteiger partial charge in [-0.2, -0.15) is 0 Å². The first kappa shape index (κ1) is 14.7. The van der Waals surface area contributed by atoms with Crippen LogP contribution in [0.5, 0.6) is 0 Å². The fourth-order valence-corrected chi connectivity index (χ4v) is 4.06. The maximum Gasteiger partial charge on any atom is 0.0894 e. The first-order valence-electron chi connectivity index (χ1n) is 9.16. The molecule has 1 aliphatic rings. The molecular weight excluding hydrogens is 330 g/mol. The number of aromatic nitrogens is 3. The highest BCUT2D eigenvalue weighted by Crippen LogP contribution is 2.36. The number of hydrogen-bond donors (Lipinski definition) is 1. The molecule has 0 amide bonds. The van der Waals surface area contributed by atoms with Crippen LogP contribution in [0.25, 0.3) is 38.9 Å². The maximum absolute atomic E-state index is 4.83. The molecule has 0 bridgehead atoms. The highest BCUT2D eigenvalue weighted by Gasteiger charge is 2.21. The van der Waals surface area contributed by atoms with E-state index in [1.54, 1.807) is 0 Å². The number of para-hydroxylation sites is 4. The molecule has 0 fully saturated rings. The van der Waals surface area contributed by atoms with Crippen LogP contribution in [0.15, 0.2) is 72.8 Å². The molecule has 1 unspecified atom stereocenters. The zero-order valence-corrected chi connectivity index (χ0v) is 14.6. The number of hydrogen-bond acceptors (Lipinski definition) is 2. The third kappa shape index (κ3) is 2.21. The Morgan fingerprint density at radius 3 is 2.33 bits per heavy atom. The minimum Gasteiger partial charge on any atom is -0.354 e. The van der Waals surface area contributed by atoms with Gasteiger partial charge < -0.3 is 4.98 Å². The van der Waals surface area contributed by atoms with Crippen molar-refractivity contribution in [3.05, 3.63) is 96.2 Å². The fraction of sp³-hybridized carbons (Fsp3) is 0.0417. The normalized spacial score (nSPS) is 16.2. The summed E-state index contributed by atoms with van der Waals surface area (Å²) in [6.07, 6.45) is 6.53.